The first-order valence-electron chi connectivity index (χ1n) is 3.41. The average Bonchev–Trinajstić information content (AvgIpc) is 2.30. The van der Waals surface area contributed by atoms with Gasteiger partial charge in [-0.25, -0.2) is 0 Å². The highest BCUT2D eigenvalue weighted by molar-refractivity contribution is 7.07. The van der Waals surface area contributed by atoms with E-state index in [4.69, 9.17) is 0 Å². The molecule has 0 aliphatic heterocycles. The fraction of sp³-hybridized carbons (Fsp3) is 0.222. The van der Waals surface area contributed by atoms with Crippen molar-refractivity contribution < 1.29 is 0 Å². The van der Waals surface area contributed by atoms with Crippen LogP contribution in [0.15, 0.2) is 13.2 Å². The molecule has 58 valence electrons. The zero-order valence-electron chi connectivity index (χ0n) is 6.85. The van der Waals surface area contributed by atoms with Gasteiger partial charge < -0.3 is 0 Å². The summed E-state index contributed by atoms with van der Waals surface area (Å²) in [6, 6.07) is 0. The molecule has 0 amide bonds. The van der Waals surface area contributed by atoms with Gasteiger partial charge in [0, 0.05) is 5.56 Å². The van der Waals surface area contributed by atoms with Crippen molar-refractivity contribution in [3.05, 3.63) is 29.3 Å². The van der Waals surface area contributed by atoms with Crippen LogP contribution >= 0.6 is 11.5 Å². The molecule has 11 heavy (non-hydrogen) atoms. The van der Waals surface area contributed by atoms with Crippen molar-refractivity contribution in [3.8, 4) is 0 Å². The molecule has 0 aliphatic rings. The summed E-state index contributed by atoms with van der Waals surface area (Å²) in [6.07, 6.45) is 1.84. The van der Waals surface area contributed by atoms with E-state index in [9.17, 15) is 0 Å². The highest BCUT2D eigenvalue weighted by atomic mass is 32.1. The van der Waals surface area contributed by atoms with Crippen LogP contribution in [-0.4, -0.2) is 4.37 Å². The number of aryl methyl sites for hydroxylation is 1. The van der Waals surface area contributed by atoms with E-state index in [2.05, 4.69) is 17.5 Å². The Morgan fingerprint density at radius 2 is 2.27 bits per heavy atom. The third-order valence-corrected chi connectivity index (χ3v) is 2.62. The second-order valence-corrected chi connectivity index (χ2v) is 3.27. The van der Waals surface area contributed by atoms with E-state index in [-0.39, 0.29) is 0 Å². The number of hydrogen-bond acceptors (Lipinski definition) is 2. The van der Waals surface area contributed by atoms with Gasteiger partial charge in [0.1, 0.15) is 0 Å². The first-order chi connectivity index (χ1) is 5.16. The Kier molecular flexibility index (Phi) is 2.25. The topological polar surface area (TPSA) is 12.9 Å². The molecule has 2 heteroatoms. The third kappa shape index (κ3) is 1.40. The predicted molar refractivity (Wildman–Crippen MR) is 51.7 cm³/mol. The molecule has 1 aromatic rings. The van der Waals surface area contributed by atoms with Crippen LogP contribution in [0.25, 0.3) is 11.6 Å². The van der Waals surface area contributed by atoms with Gasteiger partial charge in [0.25, 0.3) is 0 Å². The van der Waals surface area contributed by atoms with E-state index in [0.717, 1.165) is 21.7 Å². The molecule has 0 bridgehead atoms. The molecule has 0 saturated heterocycles. The maximum absolute atomic E-state index is 4.22. The van der Waals surface area contributed by atoms with Crippen LogP contribution in [0.4, 0.5) is 0 Å². The first kappa shape index (κ1) is 8.21. The van der Waals surface area contributed by atoms with Crippen molar-refractivity contribution in [3.63, 3.8) is 0 Å². The molecule has 0 spiro atoms. The molecule has 0 saturated carbocycles. The minimum absolute atomic E-state index is 1.04. The van der Waals surface area contributed by atoms with E-state index in [1.807, 2.05) is 19.9 Å². The summed E-state index contributed by atoms with van der Waals surface area (Å²) in [4.78, 5) is 1.15. The summed E-state index contributed by atoms with van der Waals surface area (Å²) in [5.41, 5.74) is 3.23. The van der Waals surface area contributed by atoms with E-state index in [1.54, 1.807) is 0 Å². The maximum atomic E-state index is 4.22. The van der Waals surface area contributed by atoms with Gasteiger partial charge in [0.15, 0.2) is 0 Å². The zero-order valence-corrected chi connectivity index (χ0v) is 7.66. The fourth-order valence-electron chi connectivity index (χ4n) is 0.925. The molecule has 0 unspecified atom stereocenters. The highest BCUT2D eigenvalue weighted by Crippen LogP contribution is 2.25. The Morgan fingerprint density at radius 3 is 2.64 bits per heavy atom. The molecular formula is C9H11NS. The zero-order chi connectivity index (χ0) is 8.43. The summed E-state index contributed by atoms with van der Waals surface area (Å²) < 4.78 is 4.22. The van der Waals surface area contributed by atoms with E-state index in [0.29, 0.717) is 0 Å². The SMILES string of the molecule is C=Cc1c(C)nsc1C(=C)C. The van der Waals surface area contributed by atoms with Crippen LogP contribution in [-0.2, 0) is 0 Å². The highest BCUT2D eigenvalue weighted by Gasteiger charge is 2.06. The summed E-state index contributed by atoms with van der Waals surface area (Å²) in [5.74, 6) is 0. The second-order valence-electron chi connectivity index (χ2n) is 2.50. The van der Waals surface area contributed by atoms with Crippen molar-refractivity contribution in [2.75, 3.05) is 0 Å². The van der Waals surface area contributed by atoms with Gasteiger partial charge >= 0.3 is 0 Å². The number of rotatable bonds is 2. The number of hydrogen-bond donors (Lipinski definition) is 0. The van der Waals surface area contributed by atoms with Crippen molar-refractivity contribution >= 4 is 23.2 Å². The van der Waals surface area contributed by atoms with Gasteiger partial charge in [-0.05, 0) is 31.0 Å². The van der Waals surface area contributed by atoms with Crippen LogP contribution in [0.1, 0.15) is 23.1 Å². The van der Waals surface area contributed by atoms with Crippen molar-refractivity contribution in [1.82, 2.24) is 4.37 Å². The summed E-state index contributed by atoms with van der Waals surface area (Å²) in [7, 11) is 0. The van der Waals surface area contributed by atoms with Crippen LogP contribution in [0.3, 0.4) is 0 Å². The van der Waals surface area contributed by atoms with Gasteiger partial charge in [-0.15, -0.1) is 0 Å². The molecule has 1 rings (SSSR count). The van der Waals surface area contributed by atoms with Crippen LogP contribution in [0, 0.1) is 6.92 Å². The molecule has 0 atom stereocenters. The smallest absolute Gasteiger partial charge is 0.0589 e. The molecular weight excluding hydrogens is 154 g/mol. The Balaban J connectivity index is 3.26. The molecule has 0 fully saturated rings. The van der Waals surface area contributed by atoms with Gasteiger partial charge in [0.05, 0.1) is 10.6 Å². The first-order valence-corrected chi connectivity index (χ1v) is 4.18. The Morgan fingerprint density at radius 1 is 1.64 bits per heavy atom. The lowest BCUT2D eigenvalue weighted by Gasteiger charge is -1.94. The predicted octanol–water partition coefficient (Wildman–Crippen LogP) is 3.13. The van der Waals surface area contributed by atoms with Crippen molar-refractivity contribution in [1.29, 1.82) is 0 Å². The molecule has 1 heterocycles. The average molecular weight is 165 g/mol. The van der Waals surface area contributed by atoms with Crippen LogP contribution < -0.4 is 0 Å². The lowest BCUT2D eigenvalue weighted by atomic mass is 10.1. The Hall–Kier alpha value is -0.890. The summed E-state index contributed by atoms with van der Waals surface area (Å²) in [6.45, 7) is 11.6. The molecule has 1 nitrogen and oxygen atoms in total. The Labute approximate surface area is 71.2 Å². The van der Waals surface area contributed by atoms with Gasteiger partial charge in [0.2, 0.25) is 0 Å². The third-order valence-electron chi connectivity index (χ3n) is 1.50. The monoisotopic (exact) mass is 165 g/mol. The lowest BCUT2D eigenvalue weighted by molar-refractivity contribution is 1.33. The molecule has 0 N–H and O–H groups in total. The van der Waals surface area contributed by atoms with Crippen LogP contribution in [0.2, 0.25) is 0 Å². The maximum Gasteiger partial charge on any atom is 0.0589 e. The fourth-order valence-corrected chi connectivity index (χ4v) is 1.74. The van der Waals surface area contributed by atoms with E-state index >= 15 is 0 Å². The van der Waals surface area contributed by atoms with Gasteiger partial charge in [-0.2, -0.15) is 4.37 Å². The number of allylic oxidation sites excluding steroid dienone is 1. The van der Waals surface area contributed by atoms with Crippen molar-refractivity contribution in [2.24, 2.45) is 0 Å². The molecule has 0 aromatic carbocycles. The minimum atomic E-state index is 1.04. The molecule has 0 radical (unpaired) electrons. The normalized spacial score (nSPS) is 9.64. The van der Waals surface area contributed by atoms with Crippen LogP contribution in [0.5, 0.6) is 0 Å². The molecule has 0 aliphatic carbocycles. The Bertz CT molecular complexity index is 297. The quantitative estimate of drug-likeness (QED) is 0.656. The van der Waals surface area contributed by atoms with Gasteiger partial charge in [-0.3, -0.25) is 0 Å². The summed E-state index contributed by atoms with van der Waals surface area (Å²) in [5, 5.41) is 0. The summed E-state index contributed by atoms with van der Waals surface area (Å²) >= 11 is 1.49. The molecule has 1 aromatic heterocycles. The largest absolute Gasteiger partial charge is 0.197 e. The van der Waals surface area contributed by atoms with E-state index in [1.165, 1.54) is 11.5 Å². The van der Waals surface area contributed by atoms with Crippen molar-refractivity contribution in [2.45, 2.75) is 13.8 Å². The van der Waals surface area contributed by atoms with E-state index < -0.39 is 0 Å². The number of nitrogens with zero attached hydrogens (tertiary/aromatic N) is 1. The van der Waals surface area contributed by atoms with Gasteiger partial charge in [-0.1, -0.05) is 19.2 Å². The minimum Gasteiger partial charge on any atom is -0.197 e. The lowest BCUT2D eigenvalue weighted by Crippen LogP contribution is -1.78. The second kappa shape index (κ2) is 3.01. The number of aromatic nitrogens is 1. The standard InChI is InChI=1S/C9H11NS/c1-5-8-7(4)10-11-9(8)6(2)3/h5H,1-2H2,3-4H3.